The van der Waals surface area contributed by atoms with Crippen LogP contribution in [0.5, 0.6) is 5.75 Å². The molecule has 0 bridgehead atoms. The Morgan fingerprint density at radius 1 is 1.16 bits per heavy atom. The van der Waals surface area contributed by atoms with Crippen LogP contribution in [0.3, 0.4) is 0 Å². The molecule has 1 aliphatic heterocycles. The summed E-state index contributed by atoms with van der Waals surface area (Å²) in [7, 11) is 0. The van der Waals surface area contributed by atoms with Crippen molar-refractivity contribution in [1.82, 2.24) is 4.98 Å². The fourth-order valence-electron chi connectivity index (χ4n) is 3.47. The van der Waals surface area contributed by atoms with Crippen molar-refractivity contribution in [1.29, 1.82) is 0 Å². The highest BCUT2D eigenvalue weighted by molar-refractivity contribution is 7.14. The lowest BCUT2D eigenvalue weighted by molar-refractivity contribution is -0.132. The van der Waals surface area contributed by atoms with Crippen molar-refractivity contribution in [3.05, 3.63) is 82.6 Å². The normalized spacial score (nSPS) is 18.1. The Morgan fingerprint density at radius 3 is 2.48 bits per heavy atom. The molecule has 0 spiro atoms. The number of halogens is 1. The number of amides is 1. The SMILES string of the molecule is CC(C)Oc1ccc(C(O)=C2C(=O)C(=O)N(c3nccs3)[C@H]2c2ccccc2F)cc1. The van der Waals surface area contributed by atoms with E-state index in [4.69, 9.17) is 4.74 Å². The Morgan fingerprint density at radius 2 is 1.87 bits per heavy atom. The summed E-state index contributed by atoms with van der Waals surface area (Å²) in [6.07, 6.45) is 1.47. The van der Waals surface area contributed by atoms with Crippen LogP contribution in [0.25, 0.3) is 5.76 Å². The second-order valence-electron chi connectivity index (χ2n) is 7.20. The number of aliphatic hydroxyl groups excluding tert-OH is 1. The molecule has 1 N–H and O–H groups in total. The fourth-order valence-corrected chi connectivity index (χ4v) is 4.14. The maximum atomic E-state index is 14.7. The lowest BCUT2D eigenvalue weighted by atomic mass is 9.95. The van der Waals surface area contributed by atoms with E-state index >= 15 is 0 Å². The summed E-state index contributed by atoms with van der Waals surface area (Å²) < 4.78 is 20.3. The largest absolute Gasteiger partial charge is 0.507 e. The molecule has 0 radical (unpaired) electrons. The number of aliphatic hydroxyl groups is 1. The Labute approximate surface area is 182 Å². The highest BCUT2D eigenvalue weighted by Crippen LogP contribution is 2.43. The molecule has 0 unspecified atom stereocenters. The average molecular weight is 438 g/mol. The zero-order valence-corrected chi connectivity index (χ0v) is 17.6. The number of rotatable bonds is 5. The second kappa shape index (κ2) is 8.31. The van der Waals surface area contributed by atoms with E-state index in [-0.39, 0.29) is 28.1 Å². The van der Waals surface area contributed by atoms with Gasteiger partial charge in [0.25, 0.3) is 5.78 Å². The quantitative estimate of drug-likeness (QED) is 0.355. The van der Waals surface area contributed by atoms with Crippen LogP contribution in [0, 0.1) is 5.82 Å². The molecule has 8 heteroatoms. The molecule has 0 aliphatic carbocycles. The van der Waals surface area contributed by atoms with Gasteiger partial charge in [-0.25, -0.2) is 9.37 Å². The second-order valence-corrected chi connectivity index (χ2v) is 8.07. The van der Waals surface area contributed by atoms with Gasteiger partial charge >= 0.3 is 5.91 Å². The van der Waals surface area contributed by atoms with Crippen molar-refractivity contribution in [2.75, 3.05) is 4.90 Å². The summed E-state index contributed by atoms with van der Waals surface area (Å²) in [6.45, 7) is 3.78. The molecule has 1 aromatic heterocycles. The number of hydrogen-bond acceptors (Lipinski definition) is 6. The number of aromatic nitrogens is 1. The van der Waals surface area contributed by atoms with Gasteiger partial charge < -0.3 is 9.84 Å². The van der Waals surface area contributed by atoms with Crippen LogP contribution in [0.15, 0.2) is 65.7 Å². The number of nitrogens with zero attached hydrogens (tertiary/aromatic N) is 2. The van der Waals surface area contributed by atoms with E-state index in [1.54, 1.807) is 35.7 Å². The number of hydrogen-bond donors (Lipinski definition) is 1. The molecule has 1 amide bonds. The van der Waals surface area contributed by atoms with E-state index in [1.807, 2.05) is 13.8 Å². The van der Waals surface area contributed by atoms with Crippen molar-refractivity contribution >= 4 is 33.9 Å². The fraction of sp³-hybridized carbons (Fsp3) is 0.174. The summed E-state index contributed by atoms with van der Waals surface area (Å²) in [4.78, 5) is 31.1. The van der Waals surface area contributed by atoms with Gasteiger partial charge in [0.15, 0.2) is 5.13 Å². The number of benzene rings is 2. The number of ketones is 1. The van der Waals surface area contributed by atoms with Crippen molar-refractivity contribution < 1.29 is 23.8 Å². The number of carbonyl (C=O) groups excluding carboxylic acids is 2. The van der Waals surface area contributed by atoms with Gasteiger partial charge in [-0.05, 0) is 44.2 Å². The van der Waals surface area contributed by atoms with Gasteiger partial charge in [-0.3, -0.25) is 14.5 Å². The van der Waals surface area contributed by atoms with Gasteiger partial charge in [-0.15, -0.1) is 11.3 Å². The van der Waals surface area contributed by atoms with E-state index in [2.05, 4.69) is 4.98 Å². The van der Waals surface area contributed by atoms with Crippen molar-refractivity contribution in [3.8, 4) is 5.75 Å². The minimum Gasteiger partial charge on any atom is -0.507 e. The molecule has 4 rings (SSSR count). The highest BCUT2D eigenvalue weighted by atomic mass is 32.1. The predicted octanol–water partition coefficient (Wildman–Crippen LogP) is 4.70. The minimum absolute atomic E-state index is 0.0240. The summed E-state index contributed by atoms with van der Waals surface area (Å²) in [5.41, 5.74) is 0.218. The molecule has 2 aromatic carbocycles. The third-order valence-electron chi connectivity index (χ3n) is 4.77. The summed E-state index contributed by atoms with van der Waals surface area (Å²) in [5.74, 6) is -2.15. The number of ether oxygens (including phenoxy) is 1. The molecule has 0 saturated carbocycles. The molecule has 1 saturated heterocycles. The minimum atomic E-state index is -1.14. The third kappa shape index (κ3) is 3.82. The standard InChI is InChI=1S/C23H19FN2O4S/c1-13(2)30-15-9-7-14(8-10-15)20(27)18-19(16-5-3-4-6-17(16)24)26(22(29)21(18)28)23-25-11-12-31-23/h3-13,19,27H,1-2H3/t19-/m0/s1. The molecule has 1 atom stereocenters. The van der Waals surface area contributed by atoms with Crippen LogP contribution in [0.1, 0.15) is 31.0 Å². The van der Waals surface area contributed by atoms with E-state index in [9.17, 15) is 19.1 Å². The molecular weight excluding hydrogens is 419 g/mol. The lowest BCUT2D eigenvalue weighted by Crippen LogP contribution is -2.29. The zero-order chi connectivity index (χ0) is 22.1. The van der Waals surface area contributed by atoms with Crippen LogP contribution in [0.4, 0.5) is 9.52 Å². The number of carbonyl (C=O) groups is 2. The summed E-state index contributed by atoms with van der Waals surface area (Å²) in [5, 5.41) is 12.9. The first-order valence-electron chi connectivity index (χ1n) is 9.60. The number of Topliss-reactive ketones (excluding diaryl/α,β-unsaturated/α-hetero) is 1. The molecule has 1 aliphatic rings. The first-order valence-corrected chi connectivity index (χ1v) is 10.5. The van der Waals surface area contributed by atoms with Gasteiger partial charge in [0.05, 0.1) is 11.7 Å². The van der Waals surface area contributed by atoms with E-state index in [0.29, 0.717) is 11.3 Å². The maximum absolute atomic E-state index is 14.7. The van der Waals surface area contributed by atoms with Crippen LogP contribution in [-0.2, 0) is 9.59 Å². The number of thiazole rings is 1. The molecule has 3 aromatic rings. The van der Waals surface area contributed by atoms with Crippen molar-refractivity contribution in [3.63, 3.8) is 0 Å². The van der Waals surface area contributed by atoms with Crippen LogP contribution in [0.2, 0.25) is 0 Å². The molecule has 158 valence electrons. The Kier molecular flexibility index (Phi) is 5.56. The van der Waals surface area contributed by atoms with Gasteiger partial charge in [-0.1, -0.05) is 18.2 Å². The average Bonchev–Trinajstić information content (AvgIpc) is 3.35. The Balaban J connectivity index is 1.87. The van der Waals surface area contributed by atoms with Gasteiger partial charge in [-0.2, -0.15) is 0 Å². The lowest BCUT2D eigenvalue weighted by Gasteiger charge is -2.23. The van der Waals surface area contributed by atoms with Crippen LogP contribution in [-0.4, -0.2) is 27.9 Å². The van der Waals surface area contributed by atoms with Crippen LogP contribution < -0.4 is 9.64 Å². The van der Waals surface area contributed by atoms with Gasteiger partial charge in [0.1, 0.15) is 23.4 Å². The van der Waals surface area contributed by atoms with E-state index in [1.165, 1.54) is 24.4 Å². The third-order valence-corrected chi connectivity index (χ3v) is 5.54. The van der Waals surface area contributed by atoms with Crippen LogP contribution >= 0.6 is 11.3 Å². The highest BCUT2D eigenvalue weighted by Gasteiger charge is 2.48. The predicted molar refractivity (Wildman–Crippen MR) is 116 cm³/mol. The van der Waals surface area contributed by atoms with Crippen molar-refractivity contribution in [2.24, 2.45) is 0 Å². The Bertz CT molecular complexity index is 1160. The molecule has 31 heavy (non-hydrogen) atoms. The topological polar surface area (TPSA) is 79.7 Å². The van der Waals surface area contributed by atoms with Gasteiger partial charge in [0, 0.05) is 22.7 Å². The zero-order valence-electron chi connectivity index (χ0n) is 16.8. The molecular formula is C23H19FN2O4S. The summed E-state index contributed by atoms with van der Waals surface area (Å²) >= 11 is 1.15. The monoisotopic (exact) mass is 438 g/mol. The molecule has 6 nitrogen and oxygen atoms in total. The summed E-state index contributed by atoms with van der Waals surface area (Å²) in [6, 6.07) is 11.2. The maximum Gasteiger partial charge on any atom is 0.301 e. The first kappa shape index (κ1) is 20.7. The van der Waals surface area contributed by atoms with Gasteiger partial charge in [0.2, 0.25) is 0 Å². The number of anilines is 1. The molecule has 1 fully saturated rings. The smallest absolute Gasteiger partial charge is 0.301 e. The first-order chi connectivity index (χ1) is 14.9. The van der Waals surface area contributed by atoms with Crippen molar-refractivity contribution in [2.45, 2.75) is 26.0 Å². The molecule has 2 heterocycles. The van der Waals surface area contributed by atoms with E-state index in [0.717, 1.165) is 16.2 Å². The Hall–Kier alpha value is -3.52. The van der Waals surface area contributed by atoms with E-state index < -0.39 is 23.5 Å².